The molecule has 0 aliphatic rings. The molecule has 0 amide bonds. The molecule has 4 nitrogen and oxygen atoms in total. The molecule has 0 saturated carbocycles. The lowest BCUT2D eigenvalue weighted by Crippen LogP contribution is -2.02. The second-order valence-corrected chi connectivity index (χ2v) is 17.4. The van der Waals surface area contributed by atoms with E-state index >= 15 is 0 Å². The van der Waals surface area contributed by atoms with Crippen molar-refractivity contribution in [2.24, 2.45) is 0 Å². The second kappa shape index (κ2) is 15.6. The van der Waals surface area contributed by atoms with Crippen LogP contribution in [0.5, 0.6) is 0 Å². The van der Waals surface area contributed by atoms with E-state index in [9.17, 15) is 10.5 Å². The molecule has 13 rings (SSSR count). The Labute approximate surface area is 392 Å². The second-order valence-electron chi connectivity index (χ2n) is 17.4. The maximum absolute atomic E-state index is 11.6. The quantitative estimate of drug-likeness (QED) is 0.167. The topological polar surface area (TPSA) is 57.4 Å². The van der Waals surface area contributed by atoms with E-state index in [2.05, 4.69) is 191 Å². The molecule has 13 aromatic rings. The van der Waals surface area contributed by atoms with Crippen LogP contribution in [-0.4, -0.2) is 9.13 Å². The molecule has 2 aromatic heterocycles. The zero-order valence-electron chi connectivity index (χ0n) is 36.7. The molecule has 4 heteroatoms. The van der Waals surface area contributed by atoms with Crippen molar-refractivity contribution in [2.75, 3.05) is 0 Å². The van der Waals surface area contributed by atoms with Gasteiger partial charge in [0.25, 0.3) is 0 Å². The molecule has 0 fully saturated rings. The molecule has 11 aromatic carbocycles. The van der Waals surface area contributed by atoms with Gasteiger partial charge >= 0.3 is 0 Å². The van der Waals surface area contributed by atoms with Gasteiger partial charge in [0.05, 0.1) is 33.2 Å². The fraction of sp³-hybridized carbons (Fsp3) is 0. The molecule has 0 aliphatic carbocycles. The van der Waals surface area contributed by atoms with Crippen molar-refractivity contribution in [3.8, 4) is 68.0 Å². The smallest absolute Gasteiger partial charge is 0.100 e. The maximum atomic E-state index is 11.6. The molecule has 0 bridgehead atoms. The molecule has 0 radical (unpaired) electrons. The Morgan fingerprint density at radius 2 is 0.559 bits per heavy atom. The number of hydrogen-bond acceptors (Lipinski definition) is 2. The summed E-state index contributed by atoms with van der Waals surface area (Å²) in [7, 11) is 0. The third-order valence-electron chi connectivity index (χ3n) is 13.8. The minimum atomic E-state index is 0.520. The summed E-state index contributed by atoms with van der Waals surface area (Å²) in [5.41, 5.74) is 14.3. The first-order valence-electron chi connectivity index (χ1n) is 22.9. The van der Waals surface area contributed by atoms with Crippen molar-refractivity contribution in [3.63, 3.8) is 0 Å². The van der Waals surface area contributed by atoms with Crippen LogP contribution in [0.25, 0.3) is 121 Å². The van der Waals surface area contributed by atoms with E-state index in [0.717, 1.165) is 99.5 Å². The fourth-order valence-corrected chi connectivity index (χ4v) is 10.8. The first-order chi connectivity index (χ1) is 33.7. The highest BCUT2D eigenvalue weighted by Crippen LogP contribution is 2.49. The molecular weight excluding hydrogens is 825 g/mol. The van der Waals surface area contributed by atoms with E-state index in [1.165, 1.54) is 21.5 Å². The van der Waals surface area contributed by atoms with E-state index in [1.54, 1.807) is 0 Å². The summed E-state index contributed by atoms with van der Waals surface area (Å²) < 4.78 is 4.67. The van der Waals surface area contributed by atoms with Gasteiger partial charge in [-0.3, -0.25) is 0 Å². The van der Waals surface area contributed by atoms with Crippen LogP contribution in [0, 0.1) is 22.7 Å². The predicted molar refractivity (Wildman–Crippen MR) is 281 cm³/mol. The molecule has 0 aliphatic heterocycles. The molecule has 2 heterocycles. The van der Waals surface area contributed by atoms with Crippen molar-refractivity contribution in [1.82, 2.24) is 9.13 Å². The summed E-state index contributed by atoms with van der Waals surface area (Å²) in [6, 6.07) is 85.9. The van der Waals surface area contributed by atoms with Crippen molar-refractivity contribution in [3.05, 3.63) is 242 Å². The van der Waals surface area contributed by atoms with E-state index in [1.807, 2.05) is 60.7 Å². The van der Waals surface area contributed by atoms with Crippen LogP contribution in [0.1, 0.15) is 11.1 Å². The molecule has 314 valence electrons. The maximum Gasteiger partial charge on any atom is 0.100 e. The number of hydrogen-bond donors (Lipinski definition) is 0. The summed E-state index contributed by atoms with van der Waals surface area (Å²) in [5.74, 6) is 0. The fourth-order valence-electron chi connectivity index (χ4n) is 10.8. The molecule has 0 N–H and O–H groups in total. The van der Waals surface area contributed by atoms with Gasteiger partial charge in [-0.1, -0.05) is 170 Å². The van der Waals surface area contributed by atoms with Gasteiger partial charge in [-0.25, -0.2) is 0 Å². The standard InChI is InChI=1S/C64H38N4/c65-39-55-61(41-15-3-1-4-16-41)63(47-29-27-45-37-49(33-31-43(45)35-47)67-57-23-11-7-19-51(57)52-20-8-12-24-58(52)67)56(40-66)62(42-17-5-2-6-18-42)64(55)48-30-28-46-38-50(34-32-44(46)36-48)68-59-25-13-9-21-53(59)54-22-10-14-26-60(54)68/h1-38H. The number of para-hydroxylation sites is 4. The molecule has 0 spiro atoms. The van der Waals surface area contributed by atoms with E-state index < -0.39 is 0 Å². The first-order valence-corrected chi connectivity index (χ1v) is 22.9. The van der Waals surface area contributed by atoms with Gasteiger partial charge in [0.15, 0.2) is 0 Å². The van der Waals surface area contributed by atoms with Gasteiger partial charge in [-0.05, 0) is 104 Å². The van der Waals surface area contributed by atoms with Crippen LogP contribution in [-0.2, 0) is 0 Å². The Kier molecular flexibility index (Phi) is 8.93. The third kappa shape index (κ3) is 5.99. The van der Waals surface area contributed by atoms with Crippen molar-refractivity contribution >= 4 is 65.2 Å². The highest BCUT2D eigenvalue weighted by atomic mass is 15.0. The Balaban J connectivity index is 1.02. The van der Waals surface area contributed by atoms with Gasteiger partial charge in [-0.2, -0.15) is 10.5 Å². The highest BCUT2D eigenvalue weighted by molar-refractivity contribution is 6.11. The highest BCUT2D eigenvalue weighted by Gasteiger charge is 2.28. The monoisotopic (exact) mass is 862 g/mol. The van der Waals surface area contributed by atoms with Crippen LogP contribution in [0.2, 0.25) is 0 Å². The minimum absolute atomic E-state index is 0.520. The van der Waals surface area contributed by atoms with Crippen LogP contribution in [0.15, 0.2) is 231 Å². The van der Waals surface area contributed by atoms with Crippen molar-refractivity contribution in [1.29, 1.82) is 10.5 Å². The van der Waals surface area contributed by atoms with Gasteiger partial charge in [0.2, 0.25) is 0 Å². The number of benzene rings is 11. The normalized spacial score (nSPS) is 11.5. The molecule has 68 heavy (non-hydrogen) atoms. The molecule has 0 unspecified atom stereocenters. The lowest BCUT2D eigenvalue weighted by atomic mass is 9.77. The van der Waals surface area contributed by atoms with Crippen molar-refractivity contribution < 1.29 is 0 Å². The van der Waals surface area contributed by atoms with Gasteiger partial charge < -0.3 is 9.13 Å². The largest absolute Gasteiger partial charge is 0.309 e. The minimum Gasteiger partial charge on any atom is -0.309 e. The van der Waals surface area contributed by atoms with E-state index in [0.29, 0.717) is 11.1 Å². The van der Waals surface area contributed by atoms with Gasteiger partial charge in [-0.15, -0.1) is 0 Å². The average molecular weight is 863 g/mol. The Morgan fingerprint density at radius 3 is 0.912 bits per heavy atom. The average Bonchev–Trinajstić information content (AvgIpc) is 3.93. The van der Waals surface area contributed by atoms with Gasteiger partial charge in [0, 0.05) is 55.2 Å². The van der Waals surface area contributed by atoms with Crippen LogP contribution in [0.4, 0.5) is 0 Å². The summed E-state index contributed by atoms with van der Waals surface area (Å²) in [6.07, 6.45) is 0. The van der Waals surface area contributed by atoms with Gasteiger partial charge in [0.1, 0.15) is 12.1 Å². The SMILES string of the molecule is N#Cc1c(-c2ccccc2)c(-c2ccc3cc(-n4c5ccccc5c5ccccc54)ccc3c2)c(C#N)c(-c2ccccc2)c1-c1ccc2cc(-n3c4ccccc4c4ccccc43)ccc2c1. The van der Waals surface area contributed by atoms with Crippen LogP contribution in [0.3, 0.4) is 0 Å². The number of aromatic nitrogens is 2. The summed E-state index contributed by atoms with van der Waals surface area (Å²) in [6.45, 7) is 0. The number of nitriles is 2. The summed E-state index contributed by atoms with van der Waals surface area (Å²) in [5, 5.41) is 32.2. The summed E-state index contributed by atoms with van der Waals surface area (Å²) >= 11 is 0. The number of fused-ring (bicyclic) bond motifs is 8. The molecular formula is C64H38N4. The molecule has 0 saturated heterocycles. The predicted octanol–water partition coefficient (Wildman–Crippen LogP) is 16.6. The Hall–Kier alpha value is -9.48. The summed E-state index contributed by atoms with van der Waals surface area (Å²) in [4.78, 5) is 0. The van der Waals surface area contributed by atoms with Crippen LogP contribution < -0.4 is 0 Å². The van der Waals surface area contributed by atoms with Crippen LogP contribution >= 0.6 is 0 Å². The Bertz CT molecular complexity index is 3890. The number of nitrogens with zero attached hydrogens (tertiary/aromatic N) is 4. The molecule has 0 atom stereocenters. The van der Waals surface area contributed by atoms with E-state index in [4.69, 9.17) is 0 Å². The zero-order chi connectivity index (χ0) is 45.3. The Morgan fingerprint density at radius 1 is 0.265 bits per heavy atom. The van der Waals surface area contributed by atoms with Crippen molar-refractivity contribution in [2.45, 2.75) is 0 Å². The third-order valence-corrected chi connectivity index (χ3v) is 13.8. The lowest BCUT2D eigenvalue weighted by Gasteiger charge is -2.23. The zero-order valence-corrected chi connectivity index (χ0v) is 36.7. The number of rotatable bonds is 6. The first kappa shape index (κ1) is 38.9. The van der Waals surface area contributed by atoms with E-state index in [-0.39, 0.29) is 0 Å². The lowest BCUT2D eigenvalue weighted by molar-refractivity contribution is 1.19.